The number of rotatable bonds is 6. The maximum absolute atomic E-state index is 11.5. The number of methoxy groups -OCH3 is 1. The van der Waals surface area contributed by atoms with Crippen molar-refractivity contribution < 1.29 is 14.3 Å². The van der Waals surface area contributed by atoms with Crippen LogP contribution in [0.4, 0.5) is 0 Å². The van der Waals surface area contributed by atoms with Crippen molar-refractivity contribution in [3.8, 4) is 11.5 Å². The van der Waals surface area contributed by atoms with E-state index in [2.05, 4.69) is 33.4 Å². The number of nitrogens with one attached hydrogen (secondary N) is 1. The monoisotopic (exact) mass is 452 g/mol. The third-order valence-corrected chi connectivity index (χ3v) is 6.70. The van der Waals surface area contributed by atoms with E-state index in [0.717, 1.165) is 64.9 Å². The van der Waals surface area contributed by atoms with Crippen LogP contribution >= 0.6 is 23.7 Å². The second-order valence-corrected chi connectivity index (χ2v) is 8.87. The standard InChI is InChI=1S/C21H28N4O3S.ClH/c1-14-10-20(26)22-23-21(14)19-12-15-11-17(16(27-3)13-18(15)29-19)28-9-8-25-6-4-24(2)5-7-25;/h11-14H,4-10H2,1-3H3,(H,22,26);1H. The largest absolute Gasteiger partial charge is 0.493 e. The molecule has 164 valence electrons. The molecule has 0 saturated carbocycles. The fourth-order valence-electron chi connectivity index (χ4n) is 3.75. The molecule has 4 rings (SSSR count). The molecule has 1 fully saturated rings. The third-order valence-electron chi connectivity index (χ3n) is 5.58. The normalized spacial score (nSPS) is 20.4. The number of amides is 1. The molecule has 30 heavy (non-hydrogen) atoms. The van der Waals surface area contributed by atoms with Crippen LogP contribution in [0.2, 0.25) is 0 Å². The molecule has 0 radical (unpaired) electrons. The first-order valence-corrected chi connectivity index (χ1v) is 10.9. The van der Waals surface area contributed by atoms with Gasteiger partial charge in [-0.15, -0.1) is 23.7 Å². The van der Waals surface area contributed by atoms with Gasteiger partial charge in [0, 0.05) is 55.8 Å². The fourth-order valence-corrected chi connectivity index (χ4v) is 4.93. The molecule has 1 atom stereocenters. The summed E-state index contributed by atoms with van der Waals surface area (Å²) in [6.45, 7) is 7.97. The summed E-state index contributed by atoms with van der Waals surface area (Å²) in [6, 6.07) is 6.20. The molecule has 1 aromatic heterocycles. The average Bonchev–Trinajstić information content (AvgIpc) is 3.11. The summed E-state index contributed by atoms with van der Waals surface area (Å²) >= 11 is 1.66. The molecule has 2 aliphatic rings. The highest BCUT2D eigenvalue weighted by Gasteiger charge is 2.23. The second-order valence-electron chi connectivity index (χ2n) is 7.78. The van der Waals surface area contributed by atoms with Crippen LogP contribution in [-0.4, -0.2) is 74.9 Å². The van der Waals surface area contributed by atoms with E-state index in [0.29, 0.717) is 13.0 Å². The number of likely N-dealkylation sites (N-methyl/N-ethyl adjacent to an activating group) is 1. The number of benzene rings is 1. The van der Waals surface area contributed by atoms with Gasteiger partial charge in [0.1, 0.15) is 6.61 Å². The van der Waals surface area contributed by atoms with Gasteiger partial charge >= 0.3 is 0 Å². The van der Waals surface area contributed by atoms with Gasteiger partial charge in [0.05, 0.1) is 17.7 Å². The summed E-state index contributed by atoms with van der Waals surface area (Å²) in [7, 11) is 3.84. The van der Waals surface area contributed by atoms with Gasteiger partial charge in [-0.05, 0) is 24.6 Å². The van der Waals surface area contributed by atoms with Crippen LogP contribution in [0.25, 0.3) is 10.1 Å². The average molecular weight is 453 g/mol. The third kappa shape index (κ3) is 5.06. The molecule has 7 nitrogen and oxygen atoms in total. The first-order valence-electron chi connectivity index (χ1n) is 10.1. The number of carbonyl (C=O) groups is 1. The molecule has 2 aromatic rings. The number of thiophene rings is 1. The smallest absolute Gasteiger partial charge is 0.240 e. The van der Waals surface area contributed by atoms with E-state index in [1.165, 1.54) is 0 Å². The Morgan fingerprint density at radius 2 is 1.97 bits per heavy atom. The van der Waals surface area contributed by atoms with Crippen LogP contribution in [0.1, 0.15) is 18.2 Å². The fraction of sp³-hybridized carbons (Fsp3) is 0.524. The van der Waals surface area contributed by atoms with Crippen LogP contribution in [0, 0.1) is 5.92 Å². The lowest BCUT2D eigenvalue weighted by molar-refractivity contribution is -0.121. The van der Waals surface area contributed by atoms with Crippen LogP contribution in [0.15, 0.2) is 23.3 Å². The first-order chi connectivity index (χ1) is 14.0. The van der Waals surface area contributed by atoms with Gasteiger partial charge in [0.15, 0.2) is 11.5 Å². The van der Waals surface area contributed by atoms with E-state index in [1.54, 1.807) is 18.4 Å². The van der Waals surface area contributed by atoms with Crippen molar-refractivity contribution in [1.82, 2.24) is 15.2 Å². The molecule has 0 bridgehead atoms. The van der Waals surface area contributed by atoms with Gasteiger partial charge in [-0.25, -0.2) is 5.43 Å². The molecule has 0 spiro atoms. The SMILES string of the molecule is COc1cc2sc(C3=NNC(=O)CC3C)cc2cc1OCCN1CCN(C)CC1.Cl. The van der Waals surface area contributed by atoms with E-state index in [1.807, 2.05) is 19.1 Å². The van der Waals surface area contributed by atoms with Crippen LogP contribution < -0.4 is 14.9 Å². The lowest BCUT2D eigenvalue weighted by Gasteiger charge is -2.32. The van der Waals surface area contributed by atoms with Gasteiger partial charge in [-0.1, -0.05) is 6.92 Å². The molecule has 2 aliphatic heterocycles. The Hall–Kier alpha value is -1.87. The molecule has 1 amide bonds. The number of halogens is 1. The van der Waals surface area contributed by atoms with Gasteiger partial charge < -0.3 is 14.4 Å². The lowest BCUT2D eigenvalue weighted by Crippen LogP contribution is -2.45. The van der Waals surface area contributed by atoms with Crippen LogP contribution in [0.3, 0.4) is 0 Å². The maximum Gasteiger partial charge on any atom is 0.240 e. The number of hydrogen-bond acceptors (Lipinski definition) is 7. The van der Waals surface area contributed by atoms with Crippen molar-refractivity contribution in [2.45, 2.75) is 13.3 Å². The molecule has 1 aromatic carbocycles. The Balaban J connectivity index is 0.00000256. The number of ether oxygens (including phenoxy) is 2. The highest BCUT2D eigenvalue weighted by molar-refractivity contribution is 7.21. The highest BCUT2D eigenvalue weighted by Crippen LogP contribution is 2.37. The van der Waals surface area contributed by atoms with Crippen molar-refractivity contribution in [3.63, 3.8) is 0 Å². The van der Waals surface area contributed by atoms with Crippen molar-refractivity contribution >= 4 is 45.4 Å². The molecule has 1 saturated heterocycles. The summed E-state index contributed by atoms with van der Waals surface area (Å²) in [4.78, 5) is 17.4. The van der Waals surface area contributed by atoms with Crippen molar-refractivity contribution in [3.05, 3.63) is 23.1 Å². The topological polar surface area (TPSA) is 66.4 Å². The summed E-state index contributed by atoms with van der Waals surface area (Å²) in [5.74, 6) is 1.60. The van der Waals surface area contributed by atoms with Crippen molar-refractivity contribution in [1.29, 1.82) is 0 Å². The number of hydrogen-bond donors (Lipinski definition) is 1. The zero-order valence-electron chi connectivity index (χ0n) is 17.6. The zero-order valence-corrected chi connectivity index (χ0v) is 19.3. The summed E-state index contributed by atoms with van der Waals surface area (Å²) in [5, 5.41) is 5.39. The van der Waals surface area contributed by atoms with Crippen LogP contribution in [-0.2, 0) is 4.79 Å². The van der Waals surface area contributed by atoms with Crippen molar-refractivity contribution in [2.75, 3.05) is 53.5 Å². The molecule has 9 heteroatoms. The quantitative estimate of drug-likeness (QED) is 0.730. The maximum atomic E-state index is 11.5. The van der Waals surface area contributed by atoms with Gasteiger partial charge in [0.25, 0.3) is 0 Å². The Labute approximate surface area is 187 Å². The molecular weight excluding hydrogens is 424 g/mol. The lowest BCUT2D eigenvalue weighted by atomic mass is 9.99. The number of nitrogens with zero attached hydrogens (tertiary/aromatic N) is 3. The van der Waals surface area contributed by atoms with Crippen molar-refractivity contribution in [2.24, 2.45) is 11.0 Å². The summed E-state index contributed by atoms with van der Waals surface area (Å²) in [5.41, 5.74) is 3.53. The molecule has 1 N–H and O–H groups in total. The minimum Gasteiger partial charge on any atom is -0.493 e. The van der Waals surface area contributed by atoms with E-state index in [-0.39, 0.29) is 24.2 Å². The van der Waals surface area contributed by atoms with Crippen LogP contribution in [0.5, 0.6) is 11.5 Å². The zero-order chi connectivity index (χ0) is 20.4. The minimum atomic E-state index is -0.0277. The minimum absolute atomic E-state index is 0. The van der Waals surface area contributed by atoms with E-state index < -0.39 is 0 Å². The Morgan fingerprint density at radius 3 is 2.67 bits per heavy atom. The number of hydrazone groups is 1. The highest BCUT2D eigenvalue weighted by atomic mass is 35.5. The Morgan fingerprint density at radius 1 is 1.20 bits per heavy atom. The predicted octanol–water partition coefficient (Wildman–Crippen LogP) is 2.82. The number of fused-ring (bicyclic) bond motifs is 1. The van der Waals surface area contributed by atoms with Gasteiger partial charge in [-0.2, -0.15) is 5.10 Å². The first kappa shape index (κ1) is 22.8. The molecule has 3 heterocycles. The van der Waals surface area contributed by atoms with E-state index in [4.69, 9.17) is 9.47 Å². The number of piperazine rings is 1. The summed E-state index contributed by atoms with van der Waals surface area (Å²) < 4.78 is 12.8. The molecule has 0 aliphatic carbocycles. The van der Waals surface area contributed by atoms with Gasteiger partial charge in [0.2, 0.25) is 5.91 Å². The van der Waals surface area contributed by atoms with Gasteiger partial charge in [-0.3, -0.25) is 9.69 Å². The van der Waals surface area contributed by atoms with E-state index in [9.17, 15) is 4.79 Å². The molecule has 1 unspecified atom stereocenters. The summed E-state index contributed by atoms with van der Waals surface area (Å²) in [6.07, 6.45) is 0.469. The second kappa shape index (κ2) is 9.96. The number of carbonyl (C=O) groups excluding carboxylic acids is 1. The Bertz CT molecular complexity index is 924. The molecular formula is C21H29ClN4O3S. The Kier molecular flexibility index (Phi) is 7.57. The van der Waals surface area contributed by atoms with E-state index >= 15 is 0 Å². The predicted molar refractivity (Wildman–Crippen MR) is 124 cm³/mol.